The van der Waals surface area contributed by atoms with E-state index in [4.69, 9.17) is 10.7 Å². The van der Waals surface area contributed by atoms with Gasteiger partial charge in [-0.25, -0.2) is 0 Å². The Hall–Kier alpha value is -2.17. The van der Waals surface area contributed by atoms with Crippen molar-refractivity contribution in [3.8, 4) is 0 Å². The highest BCUT2D eigenvalue weighted by atomic mass is 16.3. The fourth-order valence-corrected chi connectivity index (χ4v) is 3.84. The molecule has 0 radical (unpaired) electrons. The van der Waals surface area contributed by atoms with Crippen molar-refractivity contribution < 1.29 is 5.11 Å². The minimum absolute atomic E-state index is 0.378. The van der Waals surface area contributed by atoms with Crippen LogP contribution in [0.1, 0.15) is 23.1 Å². The lowest BCUT2D eigenvalue weighted by atomic mass is 9.83. The van der Waals surface area contributed by atoms with Crippen molar-refractivity contribution in [2.45, 2.75) is 31.0 Å². The second kappa shape index (κ2) is 6.04. The van der Waals surface area contributed by atoms with Crippen molar-refractivity contribution in [3.05, 3.63) is 71.3 Å². The molecule has 2 aliphatic heterocycles. The molecule has 0 fully saturated rings. The van der Waals surface area contributed by atoms with Crippen LogP contribution in [-0.2, 0) is 12.8 Å². The molecule has 2 aliphatic rings. The fraction of sp³-hybridized carbons (Fsp3) is 0.350. The molecule has 0 aliphatic carbocycles. The average Bonchev–Trinajstić information content (AvgIpc) is 2.63. The molecular weight excluding hydrogens is 298 g/mol. The highest BCUT2D eigenvalue weighted by molar-refractivity contribution is 6.02. The largest absolute Gasteiger partial charge is 0.369 e. The topological polar surface area (TPSA) is 61.9 Å². The lowest BCUT2D eigenvalue weighted by Gasteiger charge is -2.50. The fourth-order valence-electron chi connectivity index (χ4n) is 3.84. The van der Waals surface area contributed by atoms with Gasteiger partial charge in [0.25, 0.3) is 0 Å². The number of amidine groups is 1. The van der Waals surface area contributed by atoms with E-state index in [0.29, 0.717) is 12.8 Å². The SMILES string of the molecule is N[C@@H](Cc1ccccc1)C1(O)Cc2ccccc2C2=NCCCN21. The normalized spacial score (nSPS) is 23.9. The Labute approximate surface area is 142 Å². The van der Waals surface area contributed by atoms with E-state index in [1.165, 1.54) is 0 Å². The molecule has 4 nitrogen and oxygen atoms in total. The van der Waals surface area contributed by atoms with E-state index in [0.717, 1.165) is 42.0 Å². The lowest BCUT2D eigenvalue weighted by Crippen LogP contribution is -2.67. The summed E-state index contributed by atoms with van der Waals surface area (Å²) >= 11 is 0. The van der Waals surface area contributed by atoms with Gasteiger partial charge in [-0.3, -0.25) is 4.99 Å². The van der Waals surface area contributed by atoms with Gasteiger partial charge in [-0.05, 0) is 24.0 Å². The lowest BCUT2D eigenvalue weighted by molar-refractivity contribution is -0.0942. The van der Waals surface area contributed by atoms with E-state index >= 15 is 0 Å². The van der Waals surface area contributed by atoms with Gasteiger partial charge in [0.2, 0.25) is 0 Å². The Morgan fingerprint density at radius 2 is 1.88 bits per heavy atom. The van der Waals surface area contributed by atoms with E-state index in [9.17, 15) is 5.11 Å². The van der Waals surface area contributed by atoms with Crippen molar-refractivity contribution in [2.24, 2.45) is 10.7 Å². The van der Waals surface area contributed by atoms with Crippen LogP contribution in [-0.4, -0.2) is 40.7 Å². The predicted molar refractivity (Wildman–Crippen MR) is 95.9 cm³/mol. The van der Waals surface area contributed by atoms with E-state index in [1.807, 2.05) is 35.2 Å². The van der Waals surface area contributed by atoms with Gasteiger partial charge < -0.3 is 15.7 Å². The molecule has 0 saturated heterocycles. The molecule has 4 heteroatoms. The van der Waals surface area contributed by atoms with Crippen molar-refractivity contribution >= 4 is 5.84 Å². The average molecular weight is 321 g/mol. The molecule has 3 N–H and O–H groups in total. The Balaban J connectivity index is 1.71. The van der Waals surface area contributed by atoms with Crippen LogP contribution in [0.15, 0.2) is 59.6 Å². The zero-order chi connectivity index (χ0) is 16.6. The molecule has 4 rings (SSSR count). The first-order chi connectivity index (χ1) is 11.7. The predicted octanol–water partition coefficient (Wildman–Crippen LogP) is 1.95. The number of aliphatic hydroxyl groups is 1. The summed E-state index contributed by atoms with van der Waals surface area (Å²) in [5, 5.41) is 11.6. The molecule has 0 amide bonds. The summed E-state index contributed by atoms with van der Waals surface area (Å²) in [4.78, 5) is 6.74. The number of nitrogens with two attached hydrogens (primary N) is 1. The van der Waals surface area contributed by atoms with Crippen LogP contribution in [0.2, 0.25) is 0 Å². The van der Waals surface area contributed by atoms with Crippen LogP contribution >= 0.6 is 0 Å². The van der Waals surface area contributed by atoms with Crippen LogP contribution in [0, 0.1) is 0 Å². The molecular formula is C20H23N3O. The first kappa shape index (κ1) is 15.4. The third-order valence-electron chi connectivity index (χ3n) is 5.13. The standard InChI is InChI=1S/C20H23N3O/c21-18(13-15-7-2-1-3-8-15)20(24)14-16-9-4-5-10-17(16)19-22-11-6-12-23(19)20/h1-5,7-10,18,24H,6,11-14,21H2/t18-,20?/m0/s1. The molecule has 2 heterocycles. The van der Waals surface area contributed by atoms with Gasteiger partial charge in [-0.1, -0.05) is 54.6 Å². The highest BCUT2D eigenvalue weighted by Gasteiger charge is 2.46. The first-order valence-corrected chi connectivity index (χ1v) is 8.61. The number of aliphatic imine (C=N–C) groups is 1. The summed E-state index contributed by atoms with van der Waals surface area (Å²) in [6.07, 6.45) is 2.13. The smallest absolute Gasteiger partial charge is 0.158 e. The summed E-state index contributed by atoms with van der Waals surface area (Å²) in [7, 11) is 0. The summed E-state index contributed by atoms with van der Waals surface area (Å²) in [5.74, 6) is 0.897. The number of hydrogen-bond acceptors (Lipinski definition) is 4. The van der Waals surface area contributed by atoms with Crippen LogP contribution in [0.3, 0.4) is 0 Å². The minimum atomic E-state index is -1.09. The third-order valence-corrected chi connectivity index (χ3v) is 5.13. The van der Waals surface area contributed by atoms with Gasteiger partial charge >= 0.3 is 0 Å². The van der Waals surface area contributed by atoms with E-state index in [2.05, 4.69) is 24.3 Å². The number of nitrogens with zero attached hydrogens (tertiary/aromatic N) is 2. The van der Waals surface area contributed by atoms with Gasteiger partial charge in [0, 0.05) is 25.1 Å². The molecule has 0 spiro atoms. The molecule has 24 heavy (non-hydrogen) atoms. The van der Waals surface area contributed by atoms with Gasteiger partial charge in [-0.15, -0.1) is 0 Å². The highest BCUT2D eigenvalue weighted by Crippen LogP contribution is 2.34. The Morgan fingerprint density at radius 1 is 1.12 bits per heavy atom. The second-order valence-corrected chi connectivity index (χ2v) is 6.72. The minimum Gasteiger partial charge on any atom is -0.369 e. The summed E-state index contributed by atoms with van der Waals surface area (Å²) in [5.41, 5.74) is 8.84. The van der Waals surface area contributed by atoms with Crippen molar-refractivity contribution in [1.82, 2.24) is 4.90 Å². The molecule has 2 aromatic rings. The van der Waals surface area contributed by atoms with Gasteiger partial charge in [-0.2, -0.15) is 0 Å². The molecule has 2 atom stereocenters. The van der Waals surface area contributed by atoms with Gasteiger partial charge in [0.05, 0.1) is 6.04 Å². The number of rotatable bonds is 3. The van der Waals surface area contributed by atoms with Crippen LogP contribution in [0.5, 0.6) is 0 Å². The van der Waals surface area contributed by atoms with E-state index in [1.54, 1.807) is 0 Å². The van der Waals surface area contributed by atoms with Crippen molar-refractivity contribution in [1.29, 1.82) is 0 Å². The van der Waals surface area contributed by atoms with E-state index < -0.39 is 5.72 Å². The Kier molecular flexibility index (Phi) is 3.87. The van der Waals surface area contributed by atoms with Crippen molar-refractivity contribution in [2.75, 3.05) is 13.1 Å². The monoisotopic (exact) mass is 321 g/mol. The maximum absolute atomic E-state index is 11.6. The van der Waals surface area contributed by atoms with E-state index in [-0.39, 0.29) is 6.04 Å². The van der Waals surface area contributed by atoms with Gasteiger partial charge in [0.15, 0.2) is 5.72 Å². The molecule has 2 aromatic carbocycles. The second-order valence-electron chi connectivity index (χ2n) is 6.72. The number of fused-ring (bicyclic) bond motifs is 3. The van der Waals surface area contributed by atoms with Crippen LogP contribution in [0.25, 0.3) is 0 Å². The molecule has 0 aromatic heterocycles. The molecule has 124 valence electrons. The molecule has 1 unspecified atom stereocenters. The maximum atomic E-state index is 11.6. The molecule has 0 saturated carbocycles. The van der Waals surface area contributed by atoms with Crippen LogP contribution in [0.4, 0.5) is 0 Å². The summed E-state index contributed by atoms with van der Waals surface area (Å²) < 4.78 is 0. The summed E-state index contributed by atoms with van der Waals surface area (Å²) in [6, 6.07) is 18.0. The number of benzene rings is 2. The summed E-state index contributed by atoms with van der Waals surface area (Å²) in [6.45, 7) is 1.61. The zero-order valence-electron chi connectivity index (χ0n) is 13.7. The quantitative estimate of drug-likeness (QED) is 0.908. The third kappa shape index (κ3) is 2.52. The maximum Gasteiger partial charge on any atom is 0.158 e. The Morgan fingerprint density at radius 3 is 2.71 bits per heavy atom. The Bertz CT molecular complexity index is 758. The van der Waals surface area contributed by atoms with Gasteiger partial charge in [0.1, 0.15) is 5.84 Å². The number of hydrogen-bond donors (Lipinski definition) is 2. The zero-order valence-corrected chi connectivity index (χ0v) is 13.7. The van der Waals surface area contributed by atoms with Crippen molar-refractivity contribution in [3.63, 3.8) is 0 Å². The first-order valence-electron chi connectivity index (χ1n) is 8.61. The van der Waals surface area contributed by atoms with Crippen LogP contribution < -0.4 is 5.73 Å². The molecule has 0 bridgehead atoms.